The lowest BCUT2D eigenvalue weighted by Crippen LogP contribution is -2.32. The lowest BCUT2D eigenvalue weighted by molar-refractivity contribution is -0.137. The zero-order chi connectivity index (χ0) is 20.7. The van der Waals surface area contributed by atoms with Crippen molar-refractivity contribution in [1.29, 1.82) is 0 Å². The summed E-state index contributed by atoms with van der Waals surface area (Å²) in [6.07, 6.45) is -4.14. The Bertz CT molecular complexity index is 823. The second kappa shape index (κ2) is 9.36. The Morgan fingerprint density at radius 3 is 2.36 bits per heavy atom. The fraction of sp³-hybridized carbons (Fsp3) is 0.300. The second-order valence-electron chi connectivity index (χ2n) is 6.33. The van der Waals surface area contributed by atoms with Crippen molar-refractivity contribution in [1.82, 2.24) is 4.90 Å². The number of amides is 2. The zero-order valence-electron chi connectivity index (χ0n) is 15.4. The fourth-order valence-electron chi connectivity index (χ4n) is 2.71. The van der Waals surface area contributed by atoms with Crippen LogP contribution in [0.4, 0.5) is 18.9 Å². The van der Waals surface area contributed by atoms with Crippen LogP contribution in [-0.2, 0) is 17.5 Å². The van der Waals surface area contributed by atoms with Gasteiger partial charge in [0.2, 0.25) is 5.91 Å². The largest absolute Gasteiger partial charge is 0.416 e. The summed E-state index contributed by atoms with van der Waals surface area (Å²) in [6.45, 7) is 2.07. The molecule has 0 radical (unpaired) electrons. The molecule has 0 unspecified atom stereocenters. The van der Waals surface area contributed by atoms with Crippen LogP contribution in [0.3, 0.4) is 0 Å². The number of nitrogens with one attached hydrogen (secondary N) is 1. The quantitative estimate of drug-likeness (QED) is 0.754. The normalized spacial score (nSPS) is 11.2. The van der Waals surface area contributed by atoms with E-state index in [9.17, 15) is 22.8 Å². The van der Waals surface area contributed by atoms with Gasteiger partial charge in [0.15, 0.2) is 0 Å². The van der Waals surface area contributed by atoms with Crippen molar-refractivity contribution >= 4 is 17.5 Å². The minimum absolute atomic E-state index is 0.0795. The first-order valence-corrected chi connectivity index (χ1v) is 8.74. The average Bonchev–Trinajstić information content (AvgIpc) is 2.64. The van der Waals surface area contributed by atoms with E-state index in [2.05, 4.69) is 5.32 Å². The highest BCUT2D eigenvalue weighted by Gasteiger charge is 2.32. The summed E-state index contributed by atoms with van der Waals surface area (Å²) in [5, 5.41) is 2.31. The van der Waals surface area contributed by atoms with Gasteiger partial charge in [0.05, 0.1) is 5.56 Å². The summed E-state index contributed by atoms with van der Waals surface area (Å²) >= 11 is 0. The van der Waals surface area contributed by atoms with Crippen molar-refractivity contribution in [2.45, 2.75) is 26.1 Å². The Hall–Kier alpha value is -2.87. The molecule has 8 heteroatoms. The number of anilines is 1. The van der Waals surface area contributed by atoms with Gasteiger partial charge in [0, 0.05) is 31.3 Å². The number of hydrogen-bond donors (Lipinski definition) is 2. The number of carbonyl (C=O) groups is 2. The lowest BCUT2D eigenvalue weighted by atomic mass is 10.1. The molecule has 0 aliphatic carbocycles. The van der Waals surface area contributed by atoms with E-state index in [0.717, 1.165) is 17.7 Å². The highest BCUT2D eigenvalue weighted by Crippen LogP contribution is 2.32. The summed E-state index contributed by atoms with van der Waals surface area (Å²) in [7, 11) is 0. The summed E-state index contributed by atoms with van der Waals surface area (Å²) in [6, 6.07) is 12.0. The number of nitrogens with zero attached hydrogens (tertiary/aromatic N) is 1. The molecule has 3 N–H and O–H groups in total. The standard InChI is InChI=1S/C20H22F3N3O2/c1-14(27)25-18-11-16(10-17(12-18)20(21,22)23)19(28)26(9-5-8-24)13-15-6-3-2-4-7-15/h2-4,6-7,10-12H,5,8-9,13,24H2,1H3,(H,25,27). The molecular formula is C20H22F3N3O2. The van der Waals surface area contributed by atoms with Gasteiger partial charge in [-0.2, -0.15) is 13.2 Å². The van der Waals surface area contributed by atoms with Crippen molar-refractivity contribution in [2.24, 2.45) is 5.73 Å². The minimum Gasteiger partial charge on any atom is -0.334 e. The third-order valence-electron chi connectivity index (χ3n) is 3.96. The third-order valence-corrected chi connectivity index (χ3v) is 3.96. The lowest BCUT2D eigenvalue weighted by Gasteiger charge is -2.24. The SMILES string of the molecule is CC(=O)Nc1cc(C(=O)N(CCCN)Cc2ccccc2)cc(C(F)(F)F)c1. The van der Waals surface area contributed by atoms with Crippen LogP contribution in [0.15, 0.2) is 48.5 Å². The molecule has 2 aromatic rings. The monoisotopic (exact) mass is 393 g/mol. The van der Waals surface area contributed by atoms with Crippen LogP contribution in [0.1, 0.15) is 34.8 Å². The molecular weight excluding hydrogens is 371 g/mol. The Morgan fingerprint density at radius 1 is 1.11 bits per heavy atom. The van der Waals surface area contributed by atoms with Gasteiger partial charge in [-0.05, 0) is 36.7 Å². The molecule has 5 nitrogen and oxygen atoms in total. The third kappa shape index (κ3) is 6.09. The van der Waals surface area contributed by atoms with Crippen LogP contribution in [0.5, 0.6) is 0 Å². The Kier molecular flexibility index (Phi) is 7.17. The highest BCUT2D eigenvalue weighted by molar-refractivity contribution is 5.97. The van der Waals surface area contributed by atoms with Gasteiger partial charge in [-0.1, -0.05) is 30.3 Å². The zero-order valence-corrected chi connectivity index (χ0v) is 15.4. The van der Waals surface area contributed by atoms with E-state index in [-0.39, 0.29) is 17.8 Å². The maximum atomic E-state index is 13.2. The van der Waals surface area contributed by atoms with E-state index in [1.165, 1.54) is 17.9 Å². The molecule has 0 bridgehead atoms. The number of nitrogens with two attached hydrogens (primary N) is 1. The molecule has 0 heterocycles. The van der Waals surface area contributed by atoms with E-state index in [0.29, 0.717) is 19.5 Å². The molecule has 2 aromatic carbocycles. The van der Waals surface area contributed by atoms with Gasteiger partial charge in [-0.3, -0.25) is 9.59 Å². The molecule has 0 spiro atoms. The fourth-order valence-corrected chi connectivity index (χ4v) is 2.71. The van der Waals surface area contributed by atoms with Gasteiger partial charge < -0.3 is 16.0 Å². The van der Waals surface area contributed by atoms with Gasteiger partial charge in [0.1, 0.15) is 0 Å². The predicted molar refractivity (Wildman–Crippen MR) is 101 cm³/mol. The average molecular weight is 393 g/mol. The van der Waals surface area contributed by atoms with Crippen LogP contribution in [0, 0.1) is 0 Å². The summed E-state index contributed by atoms with van der Waals surface area (Å²) in [4.78, 5) is 25.7. The molecule has 28 heavy (non-hydrogen) atoms. The number of hydrogen-bond acceptors (Lipinski definition) is 3. The molecule has 0 atom stereocenters. The van der Waals surface area contributed by atoms with Gasteiger partial charge >= 0.3 is 6.18 Å². The highest BCUT2D eigenvalue weighted by atomic mass is 19.4. The Balaban J connectivity index is 2.39. The van der Waals surface area contributed by atoms with Crippen LogP contribution in [0.25, 0.3) is 0 Å². The summed E-state index contributed by atoms with van der Waals surface area (Å²) in [5.74, 6) is -1.09. The minimum atomic E-state index is -4.65. The number of rotatable bonds is 7. The first kappa shape index (κ1) is 21.4. The van der Waals surface area contributed by atoms with Crippen molar-refractivity contribution in [3.8, 4) is 0 Å². The van der Waals surface area contributed by atoms with Crippen LogP contribution in [-0.4, -0.2) is 29.8 Å². The number of halogens is 3. The van der Waals surface area contributed by atoms with E-state index >= 15 is 0 Å². The van der Waals surface area contributed by atoms with Crippen molar-refractivity contribution in [3.63, 3.8) is 0 Å². The van der Waals surface area contributed by atoms with Crippen molar-refractivity contribution in [3.05, 3.63) is 65.2 Å². The Morgan fingerprint density at radius 2 is 1.79 bits per heavy atom. The van der Waals surface area contributed by atoms with E-state index in [4.69, 9.17) is 5.73 Å². The van der Waals surface area contributed by atoms with Crippen LogP contribution in [0.2, 0.25) is 0 Å². The van der Waals surface area contributed by atoms with Crippen molar-refractivity contribution in [2.75, 3.05) is 18.4 Å². The van der Waals surface area contributed by atoms with E-state index in [1.54, 1.807) is 0 Å². The predicted octanol–water partition coefficient (Wildman–Crippen LogP) is 3.66. The smallest absolute Gasteiger partial charge is 0.334 e. The van der Waals surface area contributed by atoms with Crippen molar-refractivity contribution < 1.29 is 22.8 Å². The van der Waals surface area contributed by atoms with Gasteiger partial charge in [-0.25, -0.2) is 0 Å². The first-order chi connectivity index (χ1) is 13.2. The van der Waals surface area contributed by atoms with Gasteiger partial charge in [-0.15, -0.1) is 0 Å². The molecule has 2 rings (SSSR count). The Labute approximate surface area is 161 Å². The molecule has 0 saturated heterocycles. The van der Waals surface area contributed by atoms with Gasteiger partial charge in [0.25, 0.3) is 5.91 Å². The number of alkyl halides is 3. The topological polar surface area (TPSA) is 75.4 Å². The molecule has 0 fully saturated rings. The number of carbonyl (C=O) groups excluding carboxylic acids is 2. The molecule has 0 aromatic heterocycles. The maximum absolute atomic E-state index is 13.2. The summed E-state index contributed by atoms with van der Waals surface area (Å²) in [5.41, 5.74) is 5.16. The number of benzene rings is 2. The van der Waals surface area contributed by atoms with E-state index < -0.39 is 23.6 Å². The second-order valence-corrected chi connectivity index (χ2v) is 6.33. The summed E-state index contributed by atoms with van der Waals surface area (Å²) < 4.78 is 39.7. The molecule has 0 aliphatic heterocycles. The van der Waals surface area contributed by atoms with E-state index in [1.807, 2.05) is 30.3 Å². The van der Waals surface area contributed by atoms with Crippen LogP contribution >= 0.6 is 0 Å². The molecule has 0 aliphatic rings. The maximum Gasteiger partial charge on any atom is 0.416 e. The molecule has 150 valence electrons. The first-order valence-electron chi connectivity index (χ1n) is 8.74. The molecule has 2 amide bonds. The van der Waals surface area contributed by atoms with Crippen LogP contribution < -0.4 is 11.1 Å². The molecule has 0 saturated carbocycles.